The number of fused-ring (bicyclic) bond motifs is 1. The van der Waals surface area contributed by atoms with E-state index in [1.54, 1.807) is 30.1 Å². The van der Waals surface area contributed by atoms with E-state index in [4.69, 9.17) is 21.5 Å². The second-order valence-electron chi connectivity index (χ2n) is 6.71. The molecule has 0 spiro atoms. The standard InChI is InChI=1S/C19H21ClN2O4S/c1-12(13-4-3-5-17(10-13)27(21,24)25)22(2)19(23)15-8-14-9-16(20)6-7-18(14)26-11-15/h3-7,9-10,12,15H,8,11H2,1-2H3,(H2,21,24,25). The van der Waals surface area contributed by atoms with Gasteiger partial charge < -0.3 is 9.64 Å². The fourth-order valence-corrected chi connectivity index (χ4v) is 3.94. The zero-order valence-corrected chi connectivity index (χ0v) is 16.6. The van der Waals surface area contributed by atoms with Crippen molar-refractivity contribution in [1.82, 2.24) is 4.90 Å². The molecule has 0 fully saturated rings. The lowest BCUT2D eigenvalue weighted by atomic mass is 9.94. The molecule has 0 saturated heterocycles. The highest BCUT2D eigenvalue weighted by Crippen LogP contribution is 2.31. The Morgan fingerprint density at radius 2 is 2.04 bits per heavy atom. The molecular formula is C19H21ClN2O4S. The molecule has 0 aromatic heterocycles. The predicted octanol–water partition coefficient (Wildman–Crippen LogP) is 2.76. The van der Waals surface area contributed by atoms with Gasteiger partial charge in [0.1, 0.15) is 12.4 Å². The minimum atomic E-state index is -3.80. The van der Waals surface area contributed by atoms with Gasteiger partial charge in [-0.1, -0.05) is 23.7 Å². The third-order valence-corrected chi connectivity index (χ3v) is 6.02. The molecule has 3 rings (SSSR count). The van der Waals surface area contributed by atoms with Gasteiger partial charge in [0.05, 0.1) is 16.9 Å². The van der Waals surface area contributed by atoms with Crippen molar-refractivity contribution in [3.8, 4) is 5.75 Å². The number of nitrogens with zero attached hydrogens (tertiary/aromatic N) is 1. The average molecular weight is 409 g/mol. The lowest BCUT2D eigenvalue weighted by molar-refractivity contribution is -0.137. The van der Waals surface area contributed by atoms with E-state index in [0.717, 1.165) is 11.3 Å². The molecule has 27 heavy (non-hydrogen) atoms. The molecule has 0 bridgehead atoms. The van der Waals surface area contributed by atoms with Gasteiger partial charge in [0.2, 0.25) is 15.9 Å². The molecule has 2 aromatic rings. The summed E-state index contributed by atoms with van der Waals surface area (Å²) in [5, 5.41) is 5.80. The first-order valence-electron chi connectivity index (χ1n) is 8.47. The molecule has 2 atom stereocenters. The maximum absolute atomic E-state index is 13.0. The van der Waals surface area contributed by atoms with Crippen LogP contribution < -0.4 is 9.88 Å². The van der Waals surface area contributed by atoms with Crippen LogP contribution in [-0.4, -0.2) is 32.9 Å². The van der Waals surface area contributed by atoms with Crippen molar-refractivity contribution in [3.63, 3.8) is 0 Å². The van der Waals surface area contributed by atoms with E-state index in [9.17, 15) is 13.2 Å². The second kappa shape index (κ2) is 7.50. The van der Waals surface area contributed by atoms with Crippen molar-refractivity contribution in [1.29, 1.82) is 0 Å². The highest BCUT2D eigenvalue weighted by molar-refractivity contribution is 7.89. The van der Waals surface area contributed by atoms with Crippen molar-refractivity contribution in [2.45, 2.75) is 24.3 Å². The van der Waals surface area contributed by atoms with Gasteiger partial charge in [-0.15, -0.1) is 0 Å². The predicted molar refractivity (Wildman–Crippen MR) is 103 cm³/mol. The van der Waals surface area contributed by atoms with E-state index in [1.807, 2.05) is 19.1 Å². The smallest absolute Gasteiger partial charge is 0.238 e. The number of ether oxygens (including phenoxy) is 1. The first-order valence-corrected chi connectivity index (χ1v) is 10.4. The number of sulfonamides is 1. The van der Waals surface area contributed by atoms with Crippen LogP contribution in [0.15, 0.2) is 47.4 Å². The summed E-state index contributed by atoms with van der Waals surface area (Å²) in [5.41, 5.74) is 1.60. The van der Waals surface area contributed by atoms with E-state index in [-0.39, 0.29) is 22.8 Å². The highest BCUT2D eigenvalue weighted by Gasteiger charge is 2.30. The monoisotopic (exact) mass is 408 g/mol. The average Bonchev–Trinajstić information content (AvgIpc) is 2.65. The minimum Gasteiger partial charge on any atom is -0.492 e. The van der Waals surface area contributed by atoms with Gasteiger partial charge in [-0.3, -0.25) is 4.79 Å². The van der Waals surface area contributed by atoms with E-state index in [0.29, 0.717) is 23.6 Å². The van der Waals surface area contributed by atoms with Gasteiger partial charge in [-0.2, -0.15) is 0 Å². The SMILES string of the molecule is CC(c1cccc(S(N)(=O)=O)c1)N(C)C(=O)C1COc2ccc(Cl)cc2C1. The van der Waals surface area contributed by atoms with Crippen LogP contribution in [0.4, 0.5) is 0 Å². The maximum Gasteiger partial charge on any atom is 0.238 e. The molecule has 1 heterocycles. The number of hydrogen-bond donors (Lipinski definition) is 1. The highest BCUT2D eigenvalue weighted by atomic mass is 35.5. The fourth-order valence-electron chi connectivity index (χ4n) is 3.18. The lowest BCUT2D eigenvalue weighted by Gasteiger charge is -2.32. The summed E-state index contributed by atoms with van der Waals surface area (Å²) in [4.78, 5) is 14.6. The molecule has 144 valence electrons. The molecule has 0 saturated carbocycles. The van der Waals surface area contributed by atoms with Crippen LogP contribution >= 0.6 is 11.6 Å². The van der Waals surface area contributed by atoms with Crippen LogP contribution in [0.25, 0.3) is 0 Å². The van der Waals surface area contributed by atoms with Gasteiger partial charge in [0.15, 0.2) is 0 Å². The minimum absolute atomic E-state index is 0.0252. The number of benzene rings is 2. The number of rotatable bonds is 4. The van der Waals surface area contributed by atoms with Crippen LogP contribution in [0, 0.1) is 5.92 Å². The fraction of sp³-hybridized carbons (Fsp3) is 0.316. The van der Waals surface area contributed by atoms with Crippen molar-refractivity contribution in [2.75, 3.05) is 13.7 Å². The summed E-state index contributed by atoms with van der Waals surface area (Å²) in [6, 6.07) is 11.4. The molecule has 0 radical (unpaired) electrons. The summed E-state index contributed by atoms with van der Waals surface area (Å²) in [5.74, 6) is 0.346. The molecule has 2 N–H and O–H groups in total. The zero-order valence-electron chi connectivity index (χ0n) is 15.1. The molecule has 2 aromatic carbocycles. The molecule has 8 heteroatoms. The number of halogens is 1. The van der Waals surface area contributed by atoms with Gasteiger partial charge >= 0.3 is 0 Å². The molecule has 1 amide bonds. The summed E-state index contributed by atoms with van der Waals surface area (Å²) in [6.45, 7) is 2.14. The topological polar surface area (TPSA) is 89.7 Å². The van der Waals surface area contributed by atoms with Gasteiger partial charge in [0.25, 0.3) is 0 Å². The number of nitrogens with two attached hydrogens (primary N) is 1. The largest absolute Gasteiger partial charge is 0.492 e. The number of amides is 1. The van der Waals surface area contributed by atoms with Crippen LogP contribution in [0.5, 0.6) is 5.75 Å². The van der Waals surface area contributed by atoms with Crippen LogP contribution in [0.1, 0.15) is 24.1 Å². The first-order chi connectivity index (χ1) is 12.7. The Morgan fingerprint density at radius 3 is 2.74 bits per heavy atom. The first kappa shape index (κ1) is 19.7. The third-order valence-electron chi connectivity index (χ3n) is 4.88. The summed E-state index contributed by atoms with van der Waals surface area (Å²) >= 11 is 6.04. The molecule has 2 unspecified atom stereocenters. The summed E-state index contributed by atoms with van der Waals surface area (Å²) < 4.78 is 28.9. The van der Waals surface area contributed by atoms with Crippen molar-refractivity contribution >= 4 is 27.5 Å². The van der Waals surface area contributed by atoms with Crippen LogP contribution in [0.3, 0.4) is 0 Å². The normalized spacial score (nSPS) is 17.6. The number of carbonyl (C=O) groups is 1. The Balaban J connectivity index is 1.77. The summed E-state index contributed by atoms with van der Waals surface area (Å²) in [6.07, 6.45) is 0.545. The second-order valence-corrected chi connectivity index (χ2v) is 8.70. The van der Waals surface area contributed by atoms with Crippen molar-refractivity contribution in [3.05, 3.63) is 58.6 Å². The van der Waals surface area contributed by atoms with E-state index in [1.165, 1.54) is 12.1 Å². The van der Waals surface area contributed by atoms with Gasteiger partial charge in [-0.25, -0.2) is 13.6 Å². The van der Waals surface area contributed by atoms with Crippen LogP contribution in [0.2, 0.25) is 5.02 Å². The molecule has 0 aliphatic carbocycles. The molecule has 1 aliphatic rings. The molecule has 6 nitrogen and oxygen atoms in total. The Morgan fingerprint density at radius 1 is 1.30 bits per heavy atom. The lowest BCUT2D eigenvalue weighted by Crippen LogP contribution is -2.39. The van der Waals surface area contributed by atoms with Crippen molar-refractivity contribution in [2.24, 2.45) is 11.1 Å². The van der Waals surface area contributed by atoms with Gasteiger partial charge in [0, 0.05) is 12.1 Å². The van der Waals surface area contributed by atoms with E-state index < -0.39 is 10.0 Å². The Hall–Kier alpha value is -2.09. The Bertz CT molecular complexity index is 977. The molecule has 1 aliphatic heterocycles. The number of primary sulfonamides is 1. The van der Waals surface area contributed by atoms with Crippen LogP contribution in [-0.2, 0) is 21.2 Å². The quantitative estimate of drug-likeness (QED) is 0.842. The maximum atomic E-state index is 13.0. The number of carbonyl (C=O) groups excluding carboxylic acids is 1. The number of hydrogen-bond acceptors (Lipinski definition) is 4. The Labute approximate surface area is 163 Å². The molecular weight excluding hydrogens is 388 g/mol. The zero-order chi connectivity index (χ0) is 19.8. The summed E-state index contributed by atoms with van der Waals surface area (Å²) in [7, 11) is -2.10. The van der Waals surface area contributed by atoms with E-state index in [2.05, 4.69) is 0 Å². The Kier molecular flexibility index (Phi) is 5.46. The third kappa shape index (κ3) is 4.26. The van der Waals surface area contributed by atoms with E-state index >= 15 is 0 Å². The van der Waals surface area contributed by atoms with Crippen molar-refractivity contribution < 1.29 is 17.9 Å². The van der Waals surface area contributed by atoms with Gasteiger partial charge in [-0.05, 0) is 54.8 Å².